The summed E-state index contributed by atoms with van der Waals surface area (Å²) in [6.45, 7) is 5.45. The number of aryl methyl sites for hydroxylation is 3. The fraction of sp³-hybridized carbons (Fsp3) is 0.367. The van der Waals surface area contributed by atoms with Crippen LogP contribution in [0.1, 0.15) is 65.1 Å². The van der Waals surface area contributed by atoms with Gasteiger partial charge in [0.25, 0.3) is 6.47 Å². The number of fused-ring (bicyclic) bond motifs is 3. The van der Waals surface area contributed by atoms with Gasteiger partial charge in [-0.3, -0.25) is 14.5 Å². The topological polar surface area (TPSA) is 131 Å². The molecule has 0 saturated heterocycles. The second-order valence-electron chi connectivity index (χ2n) is 10.5. The fourth-order valence-corrected chi connectivity index (χ4v) is 6.13. The molecule has 2 N–H and O–H groups in total. The molecule has 0 amide bonds. The van der Waals surface area contributed by atoms with E-state index >= 15 is 0 Å². The molecule has 3 atom stereocenters. The van der Waals surface area contributed by atoms with Gasteiger partial charge in [-0.25, -0.2) is 9.67 Å². The Morgan fingerprint density at radius 2 is 2.02 bits per heavy atom. The van der Waals surface area contributed by atoms with Gasteiger partial charge in [-0.2, -0.15) is 0 Å². The molecule has 1 aliphatic carbocycles. The number of aliphatic carboxylic acids is 1. The van der Waals surface area contributed by atoms with Crippen LogP contribution in [-0.4, -0.2) is 60.2 Å². The summed E-state index contributed by atoms with van der Waals surface area (Å²) in [6, 6.07) is 14.9. The Morgan fingerprint density at radius 1 is 1.23 bits per heavy atom. The molecule has 2 aromatic heterocycles. The zero-order valence-corrected chi connectivity index (χ0v) is 22.8. The summed E-state index contributed by atoms with van der Waals surface area (Å²) in [5.74, 6) is -0.365. The lowest BCUT2D eigenvalue weighted by atomic mass is 9.84. The SMILES string of the molecule is Cc1c(C(CC(=O)O)c2ccc3c(c2)C(N2Cc4cccnc4O[C@H](C)C2)CC3)ccc2c1nnn2C.O=CO. The van der Waals surface area contributed by atoms with Crippen molar-refractivity contribution in [3.05, 3.63) is 82.0 Å². The van der Waals surface area contributed by atoms with Crippen LogP contribution in [0, 0.1) is 6.92 Å². The number of rotatable bonds is 5. The third kappa shape index (κ3) is 5.27. The predicted molar refractivity (Wildman–Crippen MR) is 148 cm³/mol. The molecule has 10 nitrogen and oxygen atoms in total. The Morgan fingerprint density at radius 3 is 2.80 bits per heavy atom. The maximum Gasteiger partial charge on any atom is 0.304 e. The van der Waals surface area contributed by atoms with E-state index < -0.39 is 5.97 Å². The molecular formula is C30H33N5O5. The van der Waals surface area contributed by atoms with E-state index in [4.69, 9.17) is 14.6 Å². The van der Waals surface area contributed by atoms with E-state index in [1.807, 2.05) is 32.2 Å². The number of aromatic nitrogens is 4. The van der Waals surface area contributed by atoms with Crippen molar-refractivity contribution in [2.45, 2.75) is 57.7 Å². The van der Waals surface area contributed by atoms with Gasteiger partial charge in [-0.1, -0.05) is 35.5 Å². The van der Waals surface area contributed by atoms with Crippen molar-refractivity contribution in [2.75, 3.05) is 6.54 Å². The summed E-state index contributed by atoms with van der Waals surface area (Å²) in [7, 11) is 1.87. The maximum atomic E-state index is 12.0. The van der Waals surface area contributed by atoms with Crippen LogP contribution in [0.3, 0.4) is 0 Å². The summed E-state index contributed by atoms with van der Waals surface area (Å²) in [6.07, 6.45) is 3.88. The first kappa shape index (κ1) is 27.3. The average molecular weight is 544 g/mol. The van der Waals surface area contributed by atoms with Gasteiger partial charge in [0, 0.05) is 43.9 Å². The van der Waals surface area contributed by atoms with Gasteiger partial charge in [0.1, 0.15) is 11.6 Å². The van der Waals surface area contributed by atoms with Crippen molar-refractivity contribution < 1.29 is 24.5 Å². The van der Waals surface area contributed by atoms with Crippen LogP contribution >= 0.6 is 0 Å². The molecule has 0 fully saturated rings. The first-order valence-electron chi connectivity index (χ1n) is 13.4. The average Bonchev–Trinajstić information content (AvgIpc) is 3.47. The fourth-order valence-electron chi connectivity index (χ4n) is 6.13. The molecule has 0 bridgehead atoms. The van der Waals surface area contributed by atoms with Crippen LogP contribution in [0.4, 0.5) is 0 Å². The summed E-state index contributed by atoms with van der Waals surface area (Å²) in [4.78, 5) is 27.3. The molecule has 1 aliphatic heterocycles. The van der Waals surface area contributed by atoms with Crippen molar-refractivity contribution in [1.82, 2.24) is 24.9 Å². The maximum absolute atomic E-state index is 12.0. The van der Waals surface area contributed by atoms with E-state index in [2.05, 4.69) is 51.4 Å². The summed E-state index contributed by atoms with van der Waals surface area (Å²) in [5, 5.41) is 25.2. The molecule has 208 valence electrons. The van der Waals surface area contributed by atoms with E-state index in [0.29, 0.717) is 0 Å². The standard InChI is InChI=1S/C29H31N5O3.CH2O2/c1-17-15-34(16-21-5-4-12-30-29(21)37-17)25-10-8-19-6-7-20(13-24(19)25)23(14-27(35)36)22-9-11-26-28(18(22)2)31-32-33(26)3;2-1-3/h4-7,9,11-13,17,23,25H,8,10,14-16H2,1-3H3,(H,35,36);1H,(H,2,3)/t17-,23?,25?;/m1./s1. The minimum Gasteiger partial charge on any atom is -0.483 e. The molecule has 2 aromatic carbocycles. The van der Waals surface area contributed by atoms with Gasteiger partial charge >= 0.3 is 5.97 Å². The second kappa shape index (κ2) is 11.4. The molecule has 4 aromatic rings. The van der Waals surface area contributed by atoms with Gasteiger partial charge in [0.15, 0.2) is 0 Å². The smallest absolute Gasteiger partial charge is 0.304 e. The Bertz CT molecular complexity index is 1550. The molecule has 40 heavy (non-hydrogen) atoms. The monoisotopic (exact) mass is 543 g/mol. The van der Waals surface area contributed by atoms with Crippen molar-refractivity contribution in [3.8, 4) is 5.88 Å². The molecule has 0 saturated carbocycles. The molecule has 0 spiro atoms. The minimum absolute atomic E-state index is 0.0176. The molecule has 3 heterocycles. The normalized spacial score (nSPS) is 19.0. The van der Waals surface area contributed by atoms with Crippen molar-refractivity contribution in [1.29, 1.82) is 0 Å². The second-order valence-corrected chi connectivity index (χ2v) is 10.5. The highest BCUT2D eigenvalue weighted by Crippen LogP contribution is 2.41. The van der Waals surface area contributed by atoms with Gasteiger partial charge in [0.2, 0.25) is 5.88 Å². The third-order valence-electron chi connectivity index (χ3n) is 7.92. The van der Waals surface area contributed by atoms with E-state index in [1.54, 1.807) is 10.9 Å². The largest absolute Gasteiger partial charge is 0.483 e. The Balaban J connectivity index is 0.00000103. The minimum atomic E-state index is -0.816. The van der Waals surface area contributed by atoms with Gasteiger partial charge in [-0.05, 0) is 66.6 Å². The Labute approximate surface area is 232 Å². The van der Waals surface area contributed by atoms with Gasteiger partial charge in [0.05, 0.1) is 11.9 Å². The lowest BCUT2D eigenvalue weighted by Gasteiger charge is -2.30. The number of ether oxygens (including phenoxy) is 1. The summed E-state index contributed by atoms with van der Waals surface area (Å²) < 4.78 is 7.87. The first-order chi connectivity index (χ1) is 19.3. The Kier molecular flexibility index (Phi) is 7.79. The van der Waals surface area contributed by atoms with E-state index in [-0.39, 0.29) is 31.0 Å². The van der Waals surface area contributed by atoms with Crippen LogP contribution in [0.15, 0.2) is 48.7 Å². The number of hydrogen-bond donors (Lipinski definition) is 2. The molecule has 6 rings (SSSR count). The lowest BCUT2D eigenvalue weighted by molar-refractivity contribution is -0.137. The number of pyridine rings is 1. The number of benzene rings is 2. The van der Waals surface area contributed by atoms with E-state index in [9.17, 15) is 9.90 Å². The number of carboxylic acid groups (broad SMARTS) is 2. The van der Waals surface area contributed by atoms with Crippen LogP contribution < -0.4 is 4.74 Å². The van der Waals surface area contributed by atoms with Crippen molar-refractivity contribution in [2.24, 2.45) is 7.05 Å². The number of carboxylic acids is 1. The molecule has 10 heteroatoms. The molecule has 2 aliphatic rings. The van der Waals surface area contributed by atoms with E-state index in [0.717, 1.165) is 65.1 Å². The zero-order chi connectivity index (χ0) is 28.4. The van der Waals surface area contributed by atoms with E-state index in [1.165, 1.54) is 11.1 Å². The Hall–Kier alpha value is -4.31. The van der Waals surface area contributed by atoms with Gasteiger partial charge in [-0.15, -0.1) is 5.10 Å². The number of nitrogens with zero attached hydrogens (tertiary/aromatic N) is 5. The summed E-state index contributed by atoms with van der Waals surface area (Å²) in [5.41, 5.74) is 8.50. The number of carbonyl (C=O) groups is 2. The quantitative estimate of drug-likeness (QED) is 0.355. The highest BCUT2D eigenvalue weighted by Gasteiger charge is 2.33. The van der Waals surface area contributed by atoms with Crippen LogP contribution in [0.5, 0.6) is 5.88 Å². The highest BCUT2D eigenvalue weighted by atomic mass is 16.5. The van der Waals surface area contributed by atoms with Crippen molar-refractivity contribution in [3.63, 3.8) is 0 Å². The van der Waals surface area contributed by atoms with Crippen molar-refractivity contribution >= 4 is 23.5 Å². The molecule has 0 radical (unpaired) electrons. The lowest BCUT2D eigenvalue weighted by Crippen LogP contribution is -2.33. The molecular weight excluding hydrogens is 510 g/mol. The predicted octanol–water partition coefficient (Wildman–Crippen LogP) is 4.25. The number of hydrogen-bond acceptors (Lipinski definition) is 7. The molecule has 2 unspecified atom stereocenters. The highest BCUT2D eigenvalue weighted by molar-refractivity contribution is 5.80. The third-order valence-corrected chi connectivity index (χ3v) is 7.92. The van der Waals surface area contributed by atoms with Crippen LogP contribution in [0.25, 0.3) is 11.0 Å². The zero-order valence-electron chi connectivity index (χ0n) is 22.8. The summed E-state index contributed by atoms with van der Waals surface area (Å²) >= 11 is 0. The van der Waals surface area contributed by atoms with Crippen LogP contribution in [-0.2, 0) is 29.6 Å². The van der Waals surface area contributed by atoms with Gasteiger partial charge < -0.3 is 14.9 Å². The first-order valence-corrected chi connectivity index (χ1v) is 13.4. The van der Waals surface area contributed by atoms with Crippen LogP contribution in [0.2, 0.25) is 0 Å².